The van der Waals surface area contributed by atoms with Crippen LogP contribution in [0.25, 0.3) is 0 Å². The summed E-state index contributed by atoms with van der Waals surface area (Å²) in [5.41, 5.74) is 0.741. The van der Waals surface area contributed by atoms with E-state index in [-0.39, 0.29) is 5.78 Å². The van der Waals surface area contributed by atoms with Crippen molar-refractivity contribution in [3.63, 3.8) is 0 Å². The molecule has 0 atom stereocenters. The molecular formula is C14H19I2NO2. The second-order valence-corrected chi connectivity index (χ2v) is 6.52. The molecule has 0 N–H and O–H groups in total. The van der Waals surface area contributed by atoms with Crippen LogP contribution in [0, 0.1) is 7.14 Å². The zero-order valence-corrected chi connectivity index (χ0v) is 15.8. The van der Waals surface area contributed by atoms with Crippen LogP contribution in [-0.4, -0.2) is 36.9 Å². The molecule has 5 heteroatoms. The lowest BCUT2D eigenvalue weighted by molar-refractivity contribution is 0.101. The summed E-state index contributed by atoms with van der Waals surface area (Å²) in [6, 6.07) is 3.77. The Balaban J connectivity index is 2.71. The molecule has 0 fully saturated rings. The van der Waals surface area contributed by atoms with Gasteiger partial charge in [0.15, 0.2) is 5.78 Å². The van der Waals surface area contributed by atoms with E-state index in [1.54, 1.807) is 6.92 Å². The van der Waals surface area contributed by atoms with Gasteiger partial charge in [0.1, 0.15) is 12.4 Å². The molecule has 0 bridgehead atoms. The van der Waals surface area contributed by atoms with E-state index in [0.29, 0.717) is 6.61 Å². The van der Waals surface area contributed by atoms with Crippen LogP contribution >= 0.6 is 45.2 Å². The molecule has 0 spiro atoms. The number of ketones is 1. The Morgan fingerprint density at radius 3 is 2.16 bits per heavy atom. The molecular weight excluding hydrogens is 468 g/mol. The minimum Gasteiger partial charge on any atom is -0.490 e. The number of hydrogen-bond acceptors (Lipinski definition) is 3. The molecule has 0 aliphatic rings. The average molecular weight is 487 g/mol. The van der Waals surface area contributed by atoms with Crippen molar-refractivity contribution in [2.24, 2.45) is 0 Å². The van der Waals surface area contributed by atoms with E-state index in [1.165, 1.54) is 0 Å². The Kier molecular flexibility index (Phi) is 7.60. The van der Waals surface area contributed by atoms with Gasteiger partial charge < -0.3 is 9.64 Å². The molecule has 0 saturated heterocycles. The molecule has 1 rings (SSSR count). The predicted octanol–water partition coefficient (Wildman–Crippen LogP) is 3.82. The molecule has 106 valence electrons. The van der Waals surface area contributed by atoms with Crippen molar-refractivity contribution in [2.75, 3.05) is 26.2 Å². The molecule has 0 aliphatic heterocycles. The molecule has 0 aromatic heterocycles. The quantitative estimate of drug-likeness (QED) is 0.433. The van der Waals surface area contributed by atoms with Crippen LogP contribution in [0.5, 0.6) is 5.75 Å². The fourth-order valence-corrected chi connectivity index (χ4v) is 3.80. The van der Waals surface area contributed by atoms with Crippen molar-refractivity contribution in [1.29, 1.82) is 0 Å². The number of rotatable bonds is 7. The van der Waals surface area contributed by atoms with E-state index in [9.17, 15) is 4.79 Å². The summed E-state index contributed by atoms with van der Waals surface area (Å²) in [6.07, 6.45) is 0. The van der Waals surface area contributed by atoms with Gasteiger partial charge in [0.05, 0.1) is 7.14 Å². The molecule has 1 aromatic carbocycles. The normalized spacial score (nSPS) is 10.8. The summed E-state index contributed by atoms with van der Waals surface area (Å²) in [5, 5.41) is 0. The lowest BCUT2D eigenvalue weighted by Crippen LogP contribution is -2.28. The van der Waals surface area contributed by atoms with Crippen LogP contribution in [0.4, 0.5) is 0 Å². The van der Waals surface area contributed by atoms with E-state index in [1.807, 2.05) is 12.1 Å². The number of hydrogen-bond donors (Lipinski definition) is 0. The Bertz CT molecular complexity index is 422. The molecule has 3 nitrogen and oxygen atoms in total. The van der Waals surface area contributed by atoms with Crippen LogP contribution < -0.4 is 4.74 Å². The second kappa shape index (κ2) is 8.41. The van der Waals surface area contributed by atoms with Gasteiger partial charge in [-0.1, -0.05) is 13.8 Å². The van der Waals surface area contributed by atoms with Gasteiger partial charge in [-0.3, -0.25) is 4.79 Å². The summed E-state index contributed by atoms with van der Waals surface area (Å²) in [7, 11) is 0. The maximum atomic E-state index is 11.4. The summed E-state index contributed by atoms with van der Waals surface area (Å²) >= 11 is 4.45. The summed E-state index contributed by atoms with van der Waals surface area (Å²) < 4.78 is 7.86. The third-order valence-corrected chi connectivity index (χ3v) is 4.56. The first-order valence-electron chi connectivity index (χ1n) is 6.34. The Hall–Kier alpha value is 0.110. The Labute approximate surface area is 142 Å². The third-order valence-electron chi connectivity index (χ3n) is 2.95. The number of carbonyl (C=O) groups excluding carboxylic acids is 1. The van der Waals surface area contributed by atoms with Gasteiger partial charge in [-0.2, -0.15) is 0 Å². The van der Waals surface area contributed by atoms with Crippen LogP contribution in [0.3, 0.4) is 0 Å². The maximum Gasteiger partial charge on any atom is 0.159 e. The largest absolute Gasteiger partial charge is 0.490 e. The standard InChI is InChI=1S/C14H19I2NO2/c1-4-17(5-2)6-7-19-14-12(15)8-11(10(3)18)9-13(14)16/h8-9H,4-7H2,1-3H3. The molecule has 0 aliphatic carbocycles. The number of Topliss-reactive ketones (excluding diaryl/α,β-unsaturated/α-hetero) is 1. The maximum absolute atomic E-state index is 11.4. The van der Waals surface area contributed by atoms with Crippen molar-refractivity contribution in [3.8, 4) is 5.75 Å². The molecule has 0 amide bonds. The predicted molar refractivity (Wildman–Crippen MR) is 95.2 cm³/mol. The highest BCUT2D eigenvalue weighted by Gasteiger charge is 2.11. The third kappa shape index (κ3) is 5.18. The van der Waals surface area contributed by atoms with Gasteiger partial charge in [-0.25, -0.2) is 0 Å². The first kappa shape index (κ1) is 17.2. The smallest absolute Gasteiger partial charge is 0.159 e. The number of likely N-dealkylation sites (N-methyl/N-ethyl adjacent to an activating group) is 1. The van der Waals surface area contributed by atoms with Crippen molar-refractivity contribution in [1.82, 2.24) is 4.90 Å². The average Bonchev–Trinajstić information content (AvgIpc) is 2.37. The molecule has 0 radical (unpaired) electrons. The Morgan fingerprint density at radius 1 is 1.21 bits per heavy atom. The van der Waals surface area contributed by atoms with Gasteiger partial charge >= 0.3 is 0 Å². The Morgan fingerprint density at radius 2 is 1.74 bits per heavy atom. The van der Waals surface area contributed by atoms with Gasteiger partial charge in [0, 0.05) is 12.1 Å². The van der Waals surface area contributed by atoms with E-state index >= 15 is 0 Å². The SMILES string of the molecule is CCN(CC)CCOc1c(I)cc(C(C)=O)cc1I. The summed E-state index contributed by atoms with van der Waals surface area (Å²) in [6.45, 7) is 9.56. The van der Waals surface area contributed by atoms with Crippen molar-refractivity contribution in [3.05, 3.63) is 24.8 Å². The lowest BCUT2D eigenvalue weighted by atomic mass is 10.1. The highest BCUT2D eigenvalue weighted by molar-refractivity contribution is 14.1. The van der Waals surface area contributed by atoms with Crippen LogP contribution in [0.2, 0.25) is 0 Å². The highest BCUT2D eigenvalue weighted by Crippen LogP contribution is 2.29. The molecule has 1 aromatic rings. The fourth-order valence-electron chi connectivity index (χ4n) is 1.72. The summed E-state index contributed by atoms with van der Waals surface area (Å²) in [4.78, 5) is 13.7. The number of nitrogens with zero attached hydrogens (tertiary/aromatic N) is 1. The topological polar surface area (TPSA) is 29.5 Å². The van der Waals surface area contributed by atoms with Crippen LogP contribution in [0.1, 0.15) is 31.1 Å². The number of carbonyl (C=O) groups is 1. The molecule has 0 saturated carbocycles. The van der Waals surface area contributed by atoms with Gasteiger partial charge in [-0.05, 0) is 77.3 Å². The minimum absolute atomic E-state index is 0.0884. The van der Waals surface area contributed by atoms with E-state index in [2.05, 4.69) is 63.9 Å². The van der Waals surface area contributed by atoms with E-state index in [4.69, 9.17) is 4.74 Å². The van der Waals surface area contributed by atoms with Gasteiger partial charge in [0.2, 0.25) is 0 Å². The first-order valence-corrected chi connectivity index (χ1v) is 8.50. The van der Waals surface area contributed by atoms with Crippen LogP contribution in [-0.2, 0) is 0 Å². The van der Waals surface area contributed by atoms with Crippen molar-refractivity contribution < 1.29 is 9.53 Å². The highest BCUT2D eigenvalue weighted by atomic mass is 127. The lowest BCUT2D eigenvalue weighted by Gasteiger charge is -2.19. The molecule has 0 unspecified atom stereocenters. The number of ether oxygens (including phenoxy) is 1. The summed E-state index contributed by atoms with van der Waals surface area (Å²) in [5.74, 6) is 0.976. The van der Waals surface area contributed by atoms with Gasteiger partial charge in [-0.15, -0.1) is 0 Å². The zero-order chi connectivity index (χ0) is 14.4. The molecule has 0 heterocycles. The second-order valence-electron chi connectivity index (χ2n) is 4.20. The first-order chi connectivity index (χ1) is 8.99. The van der Waals surface area contributed by atoms with E-state index < -0.39 is 0 Å². The zero-order valence-electron chi connectivity index (χ0n) is 11.5. The molecule has 19 heavy (non-hydrogen) atoms. The fraction of sp³-hybridized carbons (Fsp3) is 0.500. The monoisotopic (exact) mass is 487 g/mol. The minimum atomic E-state index is 0.0884. The van der Waals surface area contributed by atoms with Gasteiger partial charge in [0.25, 0.3) is 0 Å². The van der Waals surface area contributed by atoms with Crippen LogP contribution in [0.15, 0.2) is 12.1 Å². The van der Waals surface area contributed by atoms with E-state index in [0.717, 1.165) is 38.1 Å². The number of halogens is 2. The van der Waals surface area contributed by atoms with Crippen molar-refractivity contribution >= 4 is 51.0 Å². The van der Waals surface area contributed by atoms with Crippen molar-refractivity contribution in [2.45, 2.75) is 20.8 Å². The number of benzene rings is 1.